The van der Waals surface area contributed by atoms with Crippen molar-refractivity contribution in [2.45, 2.75) is 0 Å². The summed E-state index contributed by atoms with van der Waals surface area (Å²) in [6, 6.07) is 11.8. The Morgan fingerprint density at radius 2 is 0.553 bits per heavy atom. The Hall–Kier alpha value is 0.900. The average molecular weight is 859 g/mol. The molecule has 194 valence electrons. The van der Waals surface area contributed by atoms with Gasteiger partial charge in [0.15, 0.2) is 0 Å². The first-order valence-corrected chi connectivity index (χ1v) is 18.9. The van der Waals surface area contributed by atoms with Crippen molar-refractivity contribution in [2.24, 2.45) is 0 Å². The van der Waals surface area contributed by atoms with Gasteiger partial charge < -0.3 is 0 Å². The number of rotatable bonds is 5. The van der Waals surface area contributed by atoms with Crippen molar-refractivity contribution in [3.8, 4) is 52.9 Å². The van der Waals surface area contributed by atoms with Gasteiger partial charge in [0.05, 0.1) is 53.1 Å². The molecule has 6 rings (SSSR count). The molecule has 0 bridgehead atoms. The van der Waals surface area contributed by atoms with Gasteiger partial charge in [-0.2, -0.15) is 0 Å². The monoisotopic (exact) mass is 854 g/mol. The fourth-order valence-electron chi connectivity index (χ4n) is 3.97. The van der Waals surface area contributed by atoms with E-state index in [1.165, 1.54) is 68.0 Å². The van der Waals surface area contributed by atoms with Crippen molar-refractivity contribution < 1.29 is 0 Å². The zero-order chi connectivity index (χ0) is 26.9. The Kier molecular flexibility index (Phi) is 8.80. The van der Waals surface area contributed by atoms with Crippen molar-refractivity contribution in [3.05, 3.63) is 70.0 Å². The van der Waals surface area contributed by atoms with Gasteiger partial charge >= 0.3 is 0 Å². The van der Waals surface area contributed by atoms with Crippen LogP contribution >= 0.6 is 169 Å². The fraction of sp³-hybridized carbons (Fsp3) is 0. The molecule has 0 amide bonds. The zero-order valence-electron chi connectivity index (χ0n) is 17.9. The predicted octanol–water partition coefficient (Wildman–Crippen LogP) is 15.8. The second-order valence-corrected chi connectivity index (χ2v) is 20.4. The molecule has 6 aromatic heterocycles. The summed E-state index contributed by atoms with van der Waals surface area (Å²) in [6.07, 6.45) is 0. The van der Waals surface area contributed by atoms with E-state index in [2.05, 4.69) is 31.9 Å². The number of hydrogen-bond donors (Lipinski definition) is 0. The molecule has 38 heavy (non-hydrogen) atoms. The molecule has 6 aromatic rings. The second-order valence-electron chi connectivity index (χ2n) is 7.65. The lowest BCUT2D eigenvalue weighted by Gasteiger charge is -2.08. The lowest BCUT2D eigenvalue weighted by atomic mass is 10.0. The van der Waals surface area contributed by atoms with Crippen molar-refractivity contribution in [2.75, 3.05) is 0 Å². The molecule has 0 unspecified atom stereocenters. The molecule has 0 radical (unpaired) electrons. The normalized spacial score (nSPS) is 11.7. The molecule has 0 saturated heterocycles. The molecule has 0 nitrogen and oxygen atoms in total. The first-order valence-electron chi connectivity index (χ1n) is 10.2. The lowest BCUT2D eigenvalue weighted by Crippen LogP contribution is -1.81. The van der Waals surface area contributed by atoms with Crippen molar-refractivity contribution in [3.63, 3.8) is 0 Å². The zero-order valence-corrected chi connectivity index (χ0v) is 30.5. The number of hydrogen-bond acceptors (Lipinski definition) is 6. The van der Waals surface area contributed by atoms with Crippen molar-refractivity contribution >= 4 is 169 Å². The molecule has 0 aromatic carbocycles. The second kappa shape index (κ2) is 11.5. The maximum absolute atomic E-state index is 6.66. The van der Waals surface area contributed by atoms with E-state index in [0.717, 1.165) is 60.5 Å². The van der Waals surface area contributed by atoms with Crippen LogP contribution in [0, 0.1) is 0 Å². The first kappa shape index (κ1) is 29.0. The maximum atomic E-state index is 6.66. The van der Waals surface area contributed by atoms with E-state index in [1.807, 2.05) is 36.4 Å². The summed E-state index contributed by atoms with van der Waals surface area (Å²) in [5, 5.41) is 0. The van der Waals surface area contributed by atoms with Gasteiger partial charge in [-0.3, -0.25) is 0 Å². The highest BCUT2D eigenvalue weighted by molar-refractivity contribution is 9.11. The molecule has 6 heterocycles. The summed E-state index contributed by atoms with van der Waals surface area (Å²) >= 11 is 55.4. The van der Waals surface area contributed by atoms with Gasteiger partial charge in [0.2, 0.25) is 0 Å². The molecule has 0 aliphatic carbocycles. The van der Waals surface area contributed by atoms with Gasteiger partial charge in [0.1, 0.15) is 0 Å². The van der Waals surface area contributed by atoms with Gasteiger partial charge in [-0.1, -0.05) is 69.6 Å². The predicted molar refractivity (Wildman–Crippen MR) is 186 cm³/mol. The molecule has 0 atom stereocenters. The Balaban J connectivity index is 1.57. The summed E-state index contributed by atoms with van der Waals surface area (Å²) in [6.45, 7) is 0. The highest BCUT2D eigenvalue weighted by Gasteiger charge is 2.26. The van der Waals surface area contributed by atoms with E-state index < -0.39 is 0 Å². The Morgan fingerprint density at radius 3 is 0.789 bits per heavy atom. The number of halogens is 8. The van der Waals surface area contributed by atoms with E-state index in [1.54, 1.807) is 0 Å². The van der Waals surface area contributed by atoms with Crippen LogP contribution in [-0.2, 0) is 0 Å². The lowest BCUT2D eigenvalue weighted by molar-refractivity contribution is 1.76. The third-order valence-electron chi connectivity index (χ3n) is 5.40. The fourth-order valence-corrected chi connectivity index (χ4v) is 13.4. The number of thiophene rings is 6. The van der Waals surface area contributed by atoms with Gasteiger partial charge in [0.25, 0.3) is 0 Å². The topological polar surface area (TPSA) is 0 Å². The van der Waals surface area contributed by atoms with Crippen LogP contribution in [-0.4, -0.2) is 0 Å². The molecule has 0 saturated carbocycles. The molecule has 0 aliphatic rings. The third-order valence-corrected chi connectivity index (χ3v) is 14.7. The average Bonchev–Trinajstić information content (AvgIpc) is 3.65. The molecule has 14 heteroatoms. The largest absolute Gasteiger partial charge is 0.122 e. The maximum Gasteiger partial charge on any atom is 0.0946 e. The quantitative estimate of drug-likeness (QED) is 0.162. The summed E-state index contributed by atoms with van der Waals surface area (Å²) < 4.78 is 5.95. The van der Waals surface area contributed by atoms with Crippen LogP contribution in [0.25, 0.3) is 52.9 Å². The molecule has 0 spiro atoms. The van der Waals surface area contributed by atoms with Gasteiger partial charge in [-0.05, 0) is 68.3 Å². The SMILES string of the molecule is Clc1cc(-c2cc(Cl)sc2-c2sc(Cl)cc2-c2cc(Cl)sc2-c2sc(Cl)cc2-c2cc(Cl)sc2Br)c(Br)s1. The van der Waals surface area contributed by atoms with Crippen molar-refractivity contribution in [1.82, 2.24) is 0 Å². The smallest absolute Gasteiger partial charge is 0.0946 e. The van der Waals surface area contributed by atoms with Crippen LogP contribution < -0.4 is 0 Å². The summed E-state index contributed by atoms with van der Waals surface area (Å²) in [7, 11) is 0. The molecule has 0 N–H and O–H groups in total. The van der Waals surface area contributed by atoms with Gasteiger partial charge in [-0.15, -0.1) is 68.0 Å². The van der Waals surface area contributed by atoms with E-state index >= 15 is 0 Å². The standard InChI is InChI=1S/C24H6Br2Cl6S6/c25-23-11(5-17(31)37-23)9-3-15(29)35-21(9)19-7(1-13(27)33-19)8-2-14(28)34-20(8)22-10(4-16(30)36-22)12-6-18(32)38-24(12)26/h1-6H. The third kappa shape index (κ3) is 5.51. The molecule has 0 aliphatic heterocycles. The van der Waals surface area contributed by atoms with Crippen molar-refractivity contribution in [1.29, 1.82) is 0 Å². The van der Waals surface area contributed by atoms with E-state index in [-0.39, 0.29) is 0 Å². The van der Waals surface area contributed by atoms with Crippen LogP contribution in [0.1, 0.15) is 0 Å². The summed E-state index contributed by atoms with van der Waals surface area (Å²) in [5.41, 5.74) is 5.93. The highest BCUT2D eigenvalue weighted by atomic mass is 79.9. The molecule has 0 fully saturated rings. The molecular weight excluding hydrogens is 853 g/mol. The Bertz CT molecular complexity index is 1700. The van der Waals surface area contributed by atoms with E-state index in [9.17, 15) is 0 Å². The first-order chi connectivity index (χ1) is 18.1. The summed E-state index contributed by atoms with van der Waals surface area (Å²) in [4.78, 5) is 4.05. The molecular formula is C24H6Br2Cl6S6. The van der Waals surface area contributed by atoms with Gasteiger partial charge in [-0.25, -0.2) is 0 Å². The highest BCUT2D eigenvalue weighted by Crippen LogP contribution is 2.56. The van der Waals surface area contributed by atoms with Crippen LogP contribution in [0.2, 0.25) is 26.0 Å². The van der Waals surface area contributed by atoms with Crippen LogP contribution in [0.4, 0.5) is 0 Å². The van der Waals surface area contributed by atoms with Crippen LogP contribution in [0.5, 0.6) is 0 Å². The minimum Gasteiger partial charge on any atom is -0.122 e. The summed E-state index contributed by atoms with van der Waals surface area (Å²) in [5.74, 6) is 0. The minimum absolute atomic E-state index is 0.665. The van der Waals surface area contributed by atoms with E-state index in [4.69, 9.17) is 69.6 Å². The minimum atomic E-state index is 0.665. The van der Waals surface area contributed by atoms with Gasteiger partial charge in [0, 0.05) is 33.4 Å². The Labute approximate surface area is 288 Å². The van der Waals surface area contributed by atoms with Crippen LogP contribution in [0.3, 0.4) is 0 Å². The van der Waals surface area contributed by atoms with E-state index in [0.29, 0.717) is 26.0 Å². The van der Waals surface area contributed by atoms with Crippen LogP contribution in [0.15, 0.2) is 44.0 Å². The Morgan fingerprint density at radius 1 is 0.342 bits per heavy atom.